The largest absolute Gasteiger partial charge is 0.366 e. The van der Waals surface area contributed by atoms with Crippen LogP contribution in [0.25, 0.3) is 0 Å². The van der Waals surface area contributed by atoms with Crippen molar-refractivity contribution in [2.45, 2.75) is 6.42 Å². The normalized spacial score (nSPS) is 14.9. The molecule has 0 aromatic heterocycles. The predicted octanol–water partition coefficient (Wildman–Crippen LogP) is 3.48. The zero-order valence-electron chi connectivity index (χ0n) is 12.7. The van der Waals surface area contributed by atoms with Gasteiger partial charge in [0.25, 0.3) is 0 Å². The molecule has 0 spiro atoms. The lowest BCUT2D eigenvalue weighted by Crippen LogP contribution is -2.49. The van der Waals surface area contributed by atoms with Gasteiger partial charge in [0, 0.05) is 30.7 Å². The number of nitrogens with zero attached hydrogens (tertiary/aromatic N) is 2. The van der Waals surface area contributed by atoms with Gasteiger partial charge in [-0.15, -0.1) is 0 Å². The van der Waals surface area contributed by atoms with Gasteiger partial charge in [-0.05, 0) is 29.8 Å². The highest BCUT2D eigenvalue weighted by Crippen LogP contribution is 2.20. The smallest absolute Gasteiger partial charge is 0.227 e. The Hall–Kier alpha value is -1.88. The van der Waals surface area contributed by atoms with E-state index in [0.29, 0.717) is 38.3 Å². The van der Waals surface area contributed by atoms with Crippen molar-refractivity contribution in [3.63, 3.8) is 0 Å². The minimum Gasteiger partial charge on any atom is -0.366 e. The van der Waals surface area contributed by atoms with Crippen LogP contribution in [0, 0.1) is 5.82 Å². The van der Waals surface area contributed by atoms with Gasteiger partial charge in [-0.2, -0.15) is 0 Å². The van der Waals surface area contributed by atoms with E-state index in [1.54, 1.807) is 12.1 Å². The van der Waals surface area contributed by atoms with Crippen molar-refractivity contribution >= 4 is 27.5 Å². The van der Waals surface area contributed by atoms with Gasteiger partial charge in [0.1, 0.15) is 5.82 Å². The Morgan fingerprint density at radius 3 is 2.30 bits per heavy atom. The van der Waals surface area contributed by atoms with Crippen molar-refractivity contribution in [2.24, 2.45) is 0 Å². The van der Waals surface area contributed by atoms with Gasteiger partial charge >= 0.3 is 0 Å². The van der Waals surface area contributed by atoms with E-state index < -0.39 is 0 Å². The first-order valence-electron chi connectivity index (χ1n) is 7.65. The lowest BCUT2D eigenvalue weighted by Gasteiger charge is -2.36. The number of amides is 1. The summed E-state index contributed by atoms with van der Waals surface area (Å²) in [6, 6.07) is 14.6. The van der Waals surface area contributed by atoms with E-state index in [1.807, 2.05) is 40.1 Å². The first-order chi connectivity index (χ1) is 11.1. The molecule has 0 unspecified atom stereocenters. The summed E-state index contributed by atoms with van der Waals surface area (Å²) in [6.07, 6.45) is 0.410. The van der Waals surface area contributed by atoms with Crippen LogP contribution in [0.3, 0.4) is 0 Å². The second-order valence-corrected chi connectivity index (χ2v) is 6.54. The molecule has 0 bridgehead atoms. The first kappa shape index (κ1) is 16.0. The molecule has 0 saturated carbocycles. The summed E-state index contributed by atoms with van der Waals surface area (Å²) in [7, 11) is 0. The standard InChI is InChI=1S/C18H18BrFN2O/c19-15-7-5-14(6-8-15)13-18(23)22-11-9-21(10-12-22)17-4-2-1-3-16(17)20/h1-8H,9-13H2. The summed E-state index contributed by atoms with van der Waals surface area (Å²) in [4.78, 5) is 16.2. The molecule has 2 aromatic carbocycles. The van der Waals surface area contributed by atoms with Crippen LogP contribution in [0.2, 0.25) is 0 Å². The number of anilines is 1. The Morgan fingerprint density at radius 2 is 1.65 bits per heavy atom. The number of piperazine rings is 1. The fourth-order valence-corrected chi connectivity index (χ4v) is 3.06. The van der Waals surface area contributed by atoms with E-state index >= 15 is 0 Å². The number of hydrogen-bond acceptors (Lipinski definition) is 2. The SMILES string of the molecule is O=C(Cc1ccc(Br)cc1)N1CCN(c2ccccc2F)CC1. The monoisotopic (exact) mass is 376 g/mol. The molecule has 23 heavy (non-hydrogen) atoms. The van der Waals surface area contributed by atoms with Crippen LogP contribution < -0.4 is 4.90 Å². The number of rotatable bonds is 3. The maximum absolute atomic E-state index is 13.8. The average Bonchev–Trinajstić information content (AvgIpc) is 2.57. The summed E-state index contributed by atoms with van der Waals surface area (Å²) >= 11 is 3.39. The summed E-state index contributed by atoms with van der Waals surface area (Å²) < 4.78 is 14.8. The highest BCUT2D eigenvalue weighted by Gasteiger charge is 2.22. The fourth-order valence-electron chi connectivity index (χ4n) is 2.79. The van der Waals surface area contributed by atoms with Gasteiger partial charge in [0.2, 0.25) is 5.91 Å². The molecule has 3 rings (SSSR count). The zero-order valence-corrected chi connectivity index (χ0v) is 14.3. The number of carbonyl (C=O) groups excluding carboxylic acids is 1. The number of para-hydroxylation sites is 1. The molecule has 1 fully saturated rings. The molecule has 1 saturated heterocycles. The summed E-state index contributed by atoms with van der Waals surface area (Å²) in [5.41, 5.74) is 1.63. The molecule has 1 amide bonds. The van der Waals surface area contributed by atoms with E-state index in [-0.39, 0.29) is 11.7 Å². The van der Waals surface area contributed by atoms with E-state index in [4.69, 9.17) is 0 Å². The maximum Gasteiger partial charge on any atom is 0.227 e. The Balaban J connectivity index is 1.57. The van der Waals surface area contributed by atoms with Crippen LogP contribution in [-0.2, 0) is 11.2 Å². The number of carbonyl (C=O) groups is 1. The van der Waals surface area contributed by atoms with Crippen molar-refractivity contribution in [3.8, 4) is 0 Å². The third-order valence-electron chi connectivity index (χ3n) is 4.09. The first-order valence-corrected chi connectivity index (χ1v) is 8.44. The van der Waals surface area contributed by atoms with Crippen LogP contribution in [0.15, 0.2) is 53.0 Å². The van der Waals surface area contributed by atoms with Crippen molar-refractivity contribution in [3.05, 3.63) is 64.4 Å². The second-order valence-electron chi connectivity index (χ2n) is 5.62. The highest BCUT2D eigenvalue weighted by atomic mass is 79.9. The summed E-state index contributed by atoms with van der Waals surface area (Å²) in [5, 5.41) is 0. The van der Waals surface area contributed by atoms with Gasteiger partial charge in [-0.3, -0.25) is 4.79 Å². The Morgan fingerprint density at radius 1 is 1.00 bits per heavy atom. The van der Waals surface area contributed by atoms with Gasteiger partial charge in [-0.1, -0.05) is 40.2 Å². The molecule has 0 atom stereocenters. The van der Waals surface area contributed by atoms with Crippen LogP contribution in [0.1, 0.15) is 5.56 Å². The van der Waals surface area contributed by atoms with E-state index in [1.165, 1.54) is 6.07 Å². The Kier molecular flexibility index (Phi) is 4.96. The van der Waals surface area contributed by atoms with Gasteiger partial charge in [0.05, 0.1) is 12.1 Å². The lowest BCUT2D eigenvalue weighted by molar-refractivity contribution is -0.130. The van der Waals surface area contributed by atoms with E-state index in [2.05, 4.69) is 15.9 Å². The van der Waals surface area contributed by atoms with Gasteiger partial charge in [-0.25, -0.2) is 4.39 Å². The number of hydrogen-bond donors (Lipinski definition) is 0. The van der Waals surface area contributed by atoms with Crippen molar-refractivity contribution in [1.29, 1.82) is 0 Å². The Labute approximate surface area is 143 Å². The topological polar surface area (TPSA) is 23.6 Å². The molecule has 1 aliphatic rings. The van der Waals surface area contributed by atoms with Crippen LogP contribution in [0.4, 0.5) is 10.1 Å². The molecule has 0 aliphatic carbocycles. The minimum atomic E-state index is -0.206. The molecule has 1 aliphatic heterocycles. The number of halogens is 2. The Bertz CT molecular complexity index is 682. The zero-order chi connectivity index (χ0) is 16.2. The van der Waals surface area contributed by atoms with Crippen molar-refractivity contribution in [2.75, 3.05) is 31.1 Å². The third kappa shape index (κ3) is 3.91. The van der Waals surface area contributed by atoms with Crippen molar-refractivity contribution < 1.29 is 9.18 Å². The van der Waals surface area contributed by atoms with E-state index in [9.17, 15) is 9.18 Å². The minimum absolute atomic E-state index is 0.125. The summed E-state index contributed by atoms with van der Waals surface area (Å²) in [5.74, 6) is -0.0809. The van der Waals surface area contributed by atoms with Gasteiger partial charge < -0.3 is 9.80 Å². The quantitative estimate of drug-likeness (QED) is 0.818. The molecular weight excluding hydrogens is 359 g/mol. The van der Waals surface area contributed by atoms with Crippen LogP contribution >= 0.6 is 15.9 Å². The molecule has 5 heteroatoms. The molecular formula is C18H18BrFN2O. The average molecular weight is 377 g/mol. The van der Waals surface area contributed by atoms with E-state index in [0.717, 1.165) is 10.0 Å². The molecule has 120 valence electrons. The summed E-state index contributed by atoms with van der Waals surface area (Å²) in [6.45, 7) is 2.58. The predicted molar refractivity (Wildman–Crippen MR) is 93.0 cm³/mol. The maximum atomic E-state index is 13.8. The fraction of sp³-hybridized carbons (Fsp3) is 0.278. The highest BCUT2D eigenvalue weighted by molar-refractivity contribution is 9.10. The van der Waals surface area contributed by atoms with Crippen LogP contribution in [0.5, 0.6) is 0 Å². The molecule has 3 nitrogen and oxygen atoms in total. The molecule has 0 N–H and O–H groups in total. The van der Waals surface area contributed by atoms with Crippen molar-refractivity contribution in [1.82, 2.24) is 4.90 Å². The third-order valence-corrected chi connectivity index (χ3v) is 4.62. The molecule has 1 heterocycles. The second kappa shape index (κ2) is 7.13. The van der Waals surface area contributed by atoms with Crippen LogP contribution in [-0.4, -0.2) is 37.0 Å². The molecule has 0 radical (unpaired) electrons. The molecule has 2 aromatic rings. The number of benzene rings is 2. The van der Waals surface area contributed by atoms with Gasteiger partial charge in [0.15, 0.2) is 0 Å². The lowest BCUT2D eigenvalue weighted by atomic mass is 10.1.